The Morgan fingerprint density at radius 2 is 2.33 bits per heavy atom. The number of hydrogen-bond donors (Lipinski definition) is 1. The normalized spacial score (nSPS) is 16.9. The third-order valence-electron chi connectivity index (χ3n) is 4.04. The number of carbonyl (C=O) groups is 1. The number of nitrogens with zero attached hydrogens (tertiary/aromatic N) is 2. The molecule has 0 spiro atoms. The molecule has 2 heterocycles. The van der Waals surface area contributed by atoms with Gasteiger partial charge >= 0.3 is 0 Å². The van der Waals surface area contributed by atoms with Gasteiger partial charge in [0.2, 0.25) is 5.91 Å². The van der Waals surface area contributed by atoms with Crippen LogP contribution in [0.1, 0.15) is 25.7 Å². The quantitative estimate of drug-likeness (QED) is 0.809. The van der Waals surface area contributed by atoms with Crippen LogP contribution in [0, 0.1) is 0 Å². The van der Waals surface area contributed by atoms with Gasteiger partial charge in [-0.2, -0.15) is 0 Å². The van der Waals surface area contributed by atoms with Gasteiger partial charge in [0, 0.05) is 25.4 Å². The minimum absolute atomic E-state index is 0.00356. The number of amides is 1. The van der Waals surface area contributed by atoms with Crippen LogP contribution in [0.15, 0.2) is 43.0 Å². The summed E-state index contributed by atoms with van der Waals surface area (Å²) >= 11 is 0. The number of ether oxygens (including phenoxy) is 2. The van der Waals surface area contributed by atoms with Crippen molar-refractivity contribution < 1.29 is 14.3 Å². The van der Waals surface area contributed by atoms with Gasteiger partial charge in [0.1, 0.15) is 12.4 Å². The number of hydrogen-bond acceptors (Lipinski definition) is 4. The molecule has 24 heavy (non-hydrogen) atoms. The lowest BCUT2D eigenvalue weighted by Gasteiger charge is -2.13. The first-order valence-electron chi connectivity index (χ1n) is 8.40. The largest absolute Gasteiger partial charge is 0.490 e. The van der Waals surface area contributed by atoms with E-state index in [-0.39, 0.29) is 12.0 Å². The van der Waals surface area contributed by atoms with Crippen LogP contribution in [-0.4, -0.2) is 34.8 Å². The molecule has 1 N–H and O–H groups in total. The molecule has 1 aromatic carbocycles. The number of aromatic nitrogens is 2. The lowest BCUT2D eigenvalue weighted by atomic mass is 10.1. The Morgan fingerprint density at radius 3 is 3.12 bits per heavy atom. The summed E-state index contributed by atoms with van der Waals surface area (Å²) in [7, 11) is 0. The van der Waals surface area contributed by atoms with Crippen LogP contribution in [0.4, 0.5) is 5.69 Å². The van der Waals surface area contributed by atoms with Gasteiger partial charge in [0.25, 0.3) is 0 Å². The highest BCUT2D eigenvalue weighted by Crippen LogP contribution is 2.24. The SMILES string of the molecule is O=C(CCC1CCCO1)Nc1ccccc1OCCn1ccnc1. The van der Waals surface area contributed by atoms with Gasteiger partial charge in [-0.3, -0.25) is 4.79 Å². The van der Waals surface area contributed by atoms with Gasteiger partial charge < -0.3 is 19.4 Å². The average molecular weight is 329 g/mol. The fourth-order valence-electron chi connectivity index (χ4n) is 2.75. The van der Waals surface area contributed by atoms with Crippen molar-refractivity contribution in [3.05, 3.63) is 43.0 Å². The van der Waals surface area contributed by atoms with Crippen LogP contribution >= 0.6 is 0 Å². The zero-order chi connectivity index (χ0) is 16.6. The van der Waals surface area contributed by atoms with Crippen molar-refractivity contribution in [2.45, 2.75) is 38.3 Å². The summed E-state index contributed by atoms with van der Waals surface area (Å²) in [6, 6.07) is 7.51. The Kier molecular flexibility index (Phi) is 5.85. The molecule has 1 fully saturated rings. The number of anilines is 1. The first-order chi connectivity index (χ1) is 11.8. The Hall–Kier alpha value is -2.34. The summed E-state index contributed by atoms with van der Waals surface area (Å²) in [5, 5.41) is 2.94. The third-order valence-corrected chi connectivity index (χ3v) is 4.04. The highest BCUT2D eigenvalue weighted by molar-refractivity contribution is 5.92. The summed E-state index contributed by atoms with van der Waals surface area (Å²) in [6.45, 7) is 2.04. The van der Waals surface area contributed by atoms with Gasteiger partial charge in [0.05, 0.1) is 24.7 Å². The summed E-state index contributed by atoms with van der Waals surface area (Å²) in [6.07, 6.45) is 9.01. The van der Waals surface area contributed by atoms with E-state index in [0.717, 1.165) is 25.9 Å². The molecular formula is C18H23N3O3. The minimum atomic E-state index is -0.00356. The van der Waals surface area contributed by atoms with Crippen molar-refractivity contribution >= 4 is 11.6 Å². The van der Waals surface area contributed by atoms with E-state index in [1.165, 1.54) is 0 Å². The van der Waals surface area contributed by atoms with Crippen LogP contribution in [0.3, 0.4) is 0 Å². The predicted molar refractivity (Wildman–Crippen MR) is 91.0 cm³/mol. The second-order valence-corrected chi connectivity index (χ2v) is 5.87. The van der Waals surface area contributed by atoms with Gasteiger partial charge in [-0.25, -0.2) is 4.98 Å². The molecule has 1 aliphatic heterocycles. The Morgan fingerprint density at radius 1 is 1.42 bits per heavy atom. The number of rotatable bonds is 8. The van der Waals surface area contributed by atoms with E-state index in [1.54, 1.807) is 12.5 Å². The van der Waals surface area contributed by atoms with Crippen LogP contribution in [0.25, 0.3) is 0 Å². The van der Waals surface area contributed by atoms with E-state index in [1.807, 2.05) is 35.0 Å². The predicted octanol–water partition coefficient (Wildman–Crippen LogP) is 2.86. The van der Waals surface area contributed by atoms with Crippen LogP contribution in [0.5, 0.6) is 5.75 Å². The van der Waals surface area contributed by atoms with E-state index in [9.17, 15) is 4.79 Å². The number of imidazole rings is 1. The van der Waals surface area contributed by atoms with Gasteiger partial charge in [0.15, 0.2) is 0 Å². The van der Waals surface area contributed by atoms with E-state index in [4.69, 9.17) is 9.47 Å². The molecule has 6 heteroatoms. The first-order valence-corrected chi connectivity index (χ1v) is 8.40. The summed E-state index contributed by atoms with van der Waals surface area (Å²) in [4.78, 5) is 16.1. The second kappa shape index (κ2) is 8.49. The molecule has 1 unspecified atom stereocenters. The molecule has 0 aliphatic carbocycles. The fraction of sp³-hybridized carbons (Fsp3) is 0.444. The zero-order valence-electron chi connectivity index (χ0n) is 13.7. The molecule has 0 saturated carbocycles. The highest BCUT2D eigenvalue weighted by Gasteiger charge is 2.17. The van der Waals surface area contributed by atoms with Crippen molar-refractivity contribution in [2.24, 2.45) is 0 Å². The topological polar surface area (TPSA) is 65.4 Å². The lowest BCUT2D eigenvalue weighted by molar-refractivity contribution is -0.116. The number of carbonyl (C=O) groups excluding carboxylic acids is 1. The maximum Gasteiger partial charge on any atom is 0.224 e. The van der Waals surface area contributed by atoms with Gasteiger partial charge in [-0.15, -0.1) is 0 Å². The smallest absolute Gasteiger partial charge is 0.224 e. The molecule has 1 amide bonds. The van der Waals surface area contributed by atoms with E-state index >= 15 is 0 Å². The van der Waals surface area contributed by atoms with Crippen molar-refractivity contribution in [3.8, 4) is 5.75 Å². The number of benzene rings is 1. The molecule has 1 aromatic heterocycles. The van der Waals surface area contributed by atoms with E-state index in [0.29, 0.717) is 31.0 Å². The van der Waals surface area contributed by atoms with Crippen LogP contribution < -0.4 is 10.1 Å². The summed E-state index contributed by atoms with van der Waals surface area (Å²) in [5.41, 5.74) is 0.709. The van der Waals surface area contributed by atoms with Crippen molar-refractivity contribution in [1.82, 2.24) is 9.55 Å². The Bertz CT molecular complexity index is 637. The molecule has 128 valence electrons. The monoisotopic (exact) mass is 329 g/mol. The maximum absolute atomic E-state index is 12.1. The Balaban J connectivity index is 1.48. The number of para-hydroxylation sites is 2. The van der Waals surface area contributed by atoms with Crippen LogP contribution in [0.2, 0.25) is 0 Å². The van der Waals surface area contributed by atoms with E-state index in [2.05, 4.69) is 10.3 Å². The third kappa shape index (κ3) is 4.83. The maximum atomic E-state index is 12.1. The molecule has 1 saturated heterocycles. The van der Waals surface area contributed by atoms with E-state index < -0.39 is 0 Å². The van der Waals surface area contributed by atoms with Crippen molar-refractivity contribution in [3.63, 3.8) is 0 Å². The molecule has 6 nitrogen and oxygen atoms in total. The first kappa shape index (κ1) is 16.5. The van der Waals surface area contributed by atoms with Crippen molar-refractivity contribution in [1.29, 1.82) is 0 Å². The number of nitrogens with one attached hydrogen (secondary N) is 1. The minimum Gasteiger partial charge on any atom is -0.490 e. The molecule has 0 bridgehead atoms. The fourth-order valence-corrected chi connectivity index (χ4v) is 2.75. The summed E-state index contributed by atoms with van der Waals surface area (Å²) in [5.74, 6) is 0.680. The molecule has 1 aliphatic rings. The molecule has 0 radical (unpaired) electrons. The molecule has 2 aromatic rings. The average Bonchev–Trinajstić information content (AvgIpc) is 3.28. The lowest BCUT2D eigenvalue weighted by Crippen LogP contribution is -2.16. The van der Waals surface area contributed by atoms with Crippen molar-refractivity contribution in [2.75, 3.05) is 18.5 Å². The van der Waals surface area contributed by atoms with Gasteiger partial charge in [-0.1, -0.05) is 12.1 Å². The highest BCUT2D eigenvalue weighted by atomic mass is 16.5. The standard InChI is InChI=1S/C18H23N3O3/c22-18(8-7-15-4-3-12-23-15)20-16-5-1-2-6-17(16)24-13-11-21-10-9-19-14-21/h1-2,5-6,9-10,14-15H,3-4,7-8,11-13H2,(H,20,22). The molecular weight excluding hydrogens is 306 g/mol. The van der Waals surface area contributed by atoms with Crippen LogP contribution in [-0.2, 0) is 16.1 Å². The van der Waals surface area contributed by atoms with Gasteiger partial charge in [-0.05, 0) is 31.4 Å². The zero-order valence-corrected chi connectivity index (χ0v) is 13.7. The molecule has 1 atom stereocenters. The Labute approximate surface area is 141 Å². The summed E-state index contributed by atoms with van der Waals surface area (Å²) < 4.78 is 13.3. The second-order valence-electron chi connectivity index (χ2n) is 5.87. The molecule has 3 rings (SSSR count).